The molecule has 0 amide bonds. The summed E-state index contributed by atoms with van der Waals surface area (Å²) < 4.78 is 0. The number of nitrogens with two attached hydrogens (primary N) is 1. The first kappa shape index (κ1) is 28.0. The Kier molecular flexibility index (Phi) is 7.92. The maximum absolute atomic E-state index is 5.87. The van der Waals surface area contributed by atoms with Gasteiger partial charge in [0.25, 0.3) is 0 Å². The van der Waals surface area contributed by atoms with Gasteiger partial charge in [0.1, 0.15) is 0 Å². The molecule has 200 valence electrons. The van der Waals surface area contributed by atoms with Crippen molar-refractivity contribution in [2.24, 2.45) is 15.7 Å². The Bertz CT molecular complexity index is 1430. The molecule has 3 heteroatoms. The smallest absolute Gasteiger partial charge is 0.156 e. The van der Waals surface area contributed by atoms with Gasteiger partial charge in [0.2, 0.25) is 0 Å². The fourth-order valence-electron chi connectivity index (χ4n) is 4.70. The van der Waals surface area contributed by atoms with Crippen molar-refractivity contribution < 1.29 is 0 Å². The van der Waals surface area contributed by atoms with E-state index < -0.39 is 0 Å². The first-order valence-electron chi connectivity index (χ1n) is 13.6. The van der Waals surface area contributed by atoms with Crippen LogP contribution in [0.1, 0.15) is 65.2 Å². The summed E-state index contributed by atoms with van der Waals surface area (Å²) >= 11 is 0. The molecule has 0 atom stereocenters. The van der Waals surface area contributed by atoms with E-state index in [1.807, 2.05) is 6.07 Å². The van der Waals surface area contributed by atoms with Crippen molar-refractivity contribution in [3.05, 3.63) is 108 Å². The number of rotatable bonds is 4. The van der Waals surface area contributed by atoms with Gasteiger partial charge >= 0.3 is 0 Å². The molecule has 0 radical (unpaired) electrons. The number of amidine groups is 2. The molecule has 0 spiro atoms. The lowest BCUT2D eigenvalue weighted by Crippen LogP contribution is -2.10. The van der Waals surface area contributed by atoms with Crippen LogP contribution < -0.4 is 5.73 Å². The lowest BCUT2D eigenvalue weighted by molar-refractivity contribution is 0.590. The SMILES string of the molecule is CN=C(N=C(C)N)c1cccc(-c2cc(-c3ccc(C(C)(C)C)cc3)cc(-c3ccc(C(C)(C)C)cc3)c2)c1. The van der Waals surface area contributed by atoms with Gasteiger partial charge in [-0.05, 0) is 86.5 Å². The summed E-state index contributed by atoms with van der Waals surface area (Å²) in [5, 5.41) is 0. The van der Waals surface area contributed by atoms with Gasteiger partial charge in [-0.15, -0.1) is 0 Å². The molecule has 39 heavy (non-hydrogen) atoms. The predicted octanol–water partition coefficient (Wildman–Crippen LogP) is 9.04. The molecular formula is C36H41N3. The molecule has 0 aliphatic rings. The highest BCUT2D eigenvalue weighted by molar-refractivity contribution is 6.06. The Morgan fingerprint density at radius 2 is 1.00 bits per heavy atom. The van der Waals surface area contributed by atoms with Gasteiger partial charge in [0.05, 0.1) is 5.84 Å². The molecule has 0 aliphatic carbocycles. The van der Waals surface area contributed by atoms with Crippen LogP contribution in [0.4, 0.5) is 0 Å². The van der Waals surface area contributed by atoms with E-state index in [1.54, 1.807) is 14.0 Å². The number of hydrogen-bond acceptors (Lipinski definition) is 1. The highest BCUT2D eigenvalue weighted by Crippen LogP contribution is 2.35. The maximum Gasteiger partial charge on any atom is 0.156 e. The van der Waals surface area contributed by atoms with Crippen molar-refractivity contribution in [3.8, 4) is 33.4 Å². The largest absolute Gasteiger partial charge is 0.387 e. The molecular weight excluding hydrogens is 474 g/mol. The van der Waals surface area contributed by atoms with E-state index in [1.165, 1.54) is 33.4 Å². The van der Waals surface area contributed by atoms with Crippen LogP contribution in [0.3, 0.4) is 0 Å². The van der Waals surface area contributed by atoms with Crippen LogP contribution >= 0.6 is 0 Å². The normalized spacial score (nSPS) is 13.0. The molecule has 3 nitrogen and oxygen atoms in total. The first-order chi connectivity index (χ1) is 18.3. The van der Waals surface area contributed by atoms with Crippen LogP contribution in [0.5, 0.6) is 0 Å². The van der Waals surface area contributed by atoms with Gasteiger partial charge in [-0.1, -0.05) is 108 Å². The second-order valence-corrected chi connectivity index (χ2v) is 12.3. The van der Waals surface area contributed by atoms with Gasteiger partial charge in [-0.3, -0.25) is 4.99 Å². The maximum atomic E-state index is 5.87. The topological polar surface area (TPSA) is 50.7 Å². The zero-order valence-electron chi connectivity index (χ0n) is 24.6. The molecule has 4 rings (SSSR count). The fraction of sp³-hybridized carbons (Fsp3) is 0.278. The van der Waals surface area contributed by atoms with E-state index >= 15 is 0 Å². The Balaban J connectivity index is 1.86. The van der Waals surface area contributed by atoms with Gasteiger partial charge < -0.3 is 5.73 Å². The van der Waals surface area contributed by atoms with Crippen molar-refractivity contribution >= 4 is 11.7 Å². The van der Waals surface area contributed by atoms with Gasteiger partial charge in [0, 0.05) is 12.6 Å². The molecule has 0 saturated carbocycles. The van der Waals surface area contributed by atoms with Crippen molar-refractivity contribution in [3.63, 3.8) is 0 Å². The number of benzene rings is 4. The first-order valence-corrected chi connectivity index (χ1v) is 13.6. The average molecular weight is 516 g/mol. The molecule has 0 bridgehead atoms. The second kappa shape index (κ2) is 11.0. The molecule has 2 N–H and O–H groups in total. The molecule has 4 aromatic rings. The Morgan fingerprint density at radius 1 is 0.564 bits per heavy atom. The zero-order valence-corrected chi connectivity index (χ0v) is 24.6. The zero-order chi connectivity index (χ0) is 28.4. The summed E-state index contributed by atoms with van der Waals surface area (Å²) in [5.41, 5.74) is 16.7. The molecule has 0 heterocycles. The van der Waals surface area contributed by atoms with Gasteiger partial charge in [-0.25, -0.2) is 4.99 Å². The summed E-state index contributed by atoms with van der Waals surface area (Å²) in [7, 11) is 1.75. The third-order valence-corrected chi connectivity index (χ3v) is 7.05. The monoisotopic (exact) mass is 515 g/mol. The summed E-state index contributed by atoms with van der Waals surface area (Å²) in [5.74, 6) is 1.12. The van der Waals surface area contributed by atoms with E-state index in [2.05, 4.69) is 136 Å². The van der Waals surface area contributed by atoms with Crippen LogP contribution in [0.25, 0.3) is 33.4 Å². The third kappa shape index (κ3) is 6.72. The summed E-state index contributed by atoms with van der Waals surface area (Å²) in [4.78, 5) is 8.80. The van der Waals surface area contributed by atoms with Crippen LogP contribution in [-0.4, -0.2) is 18.7 Å². The van der Waals surface area contributed by atoms with Gasteiger partial charge in [0.15, 0.2) is 5.84 Å². The summed E-state index contributed by atoms with van der Waals surface area (Å²) in [6, 6.07) is 33.2. The van der Waals surface area contributed by atoms with Crippen LogP contribution in [0.2, 0.25) is 0 Å². The molecule has 0 unspecified atom stereocenters. The predicted molar refractivity (Wildman–Crippen MR) is 170 cm³/mol. The third-order valence-electron chi connectivity index (χ3n) is 7.05. The number of nitrogens with zero attached hydrogens (tertiary/aromatic N) is 2. The van der Waals surface area contributed by atoms with E-state index in [9.17, 15) is 0 Å². The van der Waals surface area contributed by atoms with Crippen LogP contribution in [0, 0.1) is 0 Å². The highest BCUT2D eigenvalue weighted by atomic mass is 14.9. The Hall–Kier alpha value is -3.98. The summed E-state index contributed by atoms with van der Waals surface area (Å²) in [6.07, 6.45) is 0. The van der Waals surface area contributed by atoms with Crippen molar-refractivity contribution in [2.75, 3.05) is 7.05 Å². The summed E-state index contributed by atoms with van der Waals surface area (Å²) in [6.45, 7) is 15.3. The molecule has 0 saturated heterocycles. The van der Waals surface area contributed by atoms with E-state index in [4.69, 9.17) is 5.73 Å². The lowest BCUT2D eigenvalue weighted by atomic mass is 9.85. The van der Waals surface area contributed by atoms with E-state index in [0.29, 0.717) is 11.7 Å². The molecule has 0 fully saturated rings. The van der Waals surface area contributed by atoms with E-state index in [0.717, 1.165) is 16.7 Å². The van der Waals surface area contributed by atoms with Crippen LogP contribution in [-0.2, 0) is 10.8 Å². The van der Waals surface area contributed by atoms with Gasteiger partial charge in [-0.2, -0.15) is 0 Å². The number of aliphatic imine (C=N–C) groups is 2. The average Bonchev–Trinajstić information content (AvgIpc) is 2.90. The van der Waals surface area contributed by atoms with E-state index in [-0.39, 0.29) is 10.8 Å². The van der Waals surface area contributed by atoms with Crippen LogP contribution in [0.15, 0.2) is 101 Å². The minimum Gasteiger partial charge on any atom is -0.387 e. The lowest BCUT2D eigenvalue weighted by Gasteiger charge is -2.20. The molecule has 0 aromatic heterocycles. The number of hydrogen-bond donors (Lipinski definition) is 1. The molecule has 4 aromatic carbocycles. The minimum absolute atomic E-state index is 0.115. The van der Waals surface area contributed by atoms with Crippen molar-refractivity contribution in [1.82, 2.24) is 0 Å². The highest BCUT2D eigenvalue weighted by Gasteiger charge is 2.16. The molecule has 0 aliphatic heterocycles. The second-order valence-electron chi connectivity index (χ2n) is 12.3. The Morgan fingerprint density at radius 3 is 1.38 bits per heavy atom. The minimum atomic E-state index is 0.115. The quantitative estimate of drug-likeness (QED) is 0.214. The van der Waals surface area contributed by atoms with Crippen molar-refractivity contribution in [1.29, 1.82) is 0 Å². The Labute approximate surface area is 234 Å². The standard InChI is InChI=1S/C36H41N3/c1-24(37)39-34(38-8)28-11-9-10-27(20-28)31-22-29(25-12-16-32(17-13-25)35(2,3)4)21-30(23-31)26-14-18-33(19-15-26)36(5,6)7/h9-23H,1-8H3,(H2,37,38,39). The van der Waals surface area contributed by atoms with Crippen molar-refractivity contribution in [2.45, 2.75) is 59.3 Å². The fourth-order valence-corrected chi connectivity index (χ4v) is 4.70.